The van der Waals surface area contributed by atoms with Gasteiger partial charge in [0.1, 0.15) is 0 Å². The molecule has 0 aliphatic heterocycles. The lowest BCUT2D eigenvalue weighted by molar-refractivity contribution is 0.256. The van der Waals surface area contributed by atoms with E-state index in [0.717, 1.165) is 31.0 Å². The van der Waals surface area contributed by atoms with Crippen molar-refractivity contribution in [2.75, 3.05) is 6.54 Å². The highest BCUT2D eigenvalue weighted by molar-refractivity contribution is 5.07. The van der Waals surface area contributed by atoms with Crippen molar-refractivity contribution in [1.29, 1.82) is 0 Å². The molecule has 1 heterocycles. The molecule has 0 aromatic carbocycles. The highest BCUT2D eigenvalue weighted by atomic mass is 16.5. The number of rotatable bonds is 3. The Labute approximate surface area is 96.6 Å². The van der Waals surface area contributed by atoms with E-state index in [4.69, 9.17) is 10.3 Å². The quantitative estimate of drug-likeness (QED) is 0.798. The zero-order chi connectivity index (χ0) is 11.4. The number of nitrogens with two attached hydrogens (primary N) is 1. The van der Waals surface area contributed by atoms with Gasteiger partial charge in [0.2, 0.25) is 5.89 Å². The zero-order valence-corrected chi connectivity index (χ0v) is 10.0. The highest BCUT2D eigenvalue weighted by Crippen LogP contribution is 2.36. The van der Waals surface area contributed by atoms with Gasteiger partial charge < -0.3 is 10.3 Å². The van der Waals surface area contributed by atoms with Crippen LogP contribution in [-0.2, 0) is 11.8 Å². The lowest BCUT2D eigenvalue weighted by Gasteiger charge is -2.26. The molecule has 0 bridgehead atoms. The van der Waals surface area contributed by atoms with E-state index >= 15 is 0 Å². The summed E-state index contributed by atoms with van der Waals surface area (Å²) in [7, 11) is 0. The molecule has 2 N–H and O–H groups in total. The average Bonchev–Trinajstić information content (AvgIpc) is 2.68. The molecule has 0 spiro atoms. The topological polar surface area (TPSA) is 64.9 Å². The Kier molecular flexibility index (Phi) is 3.59. The van der Waals surface area contributed by atoms with E-state index in [-0.39, 0.29) is 5.41 Å². The van der Waals surface area contributed by atoms with Crippen LogP contribution in [0.15, 0.2) is 4.52 Å². The van der Waals surface area contributed by atoms with Crippen LogP contribution in [0.1, 0.15) is 57.2 Å². The van der Waals surface area contributed by atoms with Crippen molar-refractivity contribution < 1.29 is 4.52 Å². The Balaban J connectivity index is 2.24. The van der Waals surface area contributed by atoms with Crippen LogP contribution in [0.3, 0.4) is 0 Å². The maximum Gasteiger partial charge on any atom is 0.234 e. The van der Waals surface area contributed by atoms with Crippen LogP contribution in [-0.4, -0.2) is 16.7 Å². The van der Waals surface area contributed by atoms with Gasteiger partial charge in [0.25, 0.3) is 0 Å². The maximum atomic E-state index is 5.96. The van der Waals surface area contributed by atoms with Crippen LogP contribution in [0.5, 0.6) is 0 Å². The number of nitrogens with zero attached hydrogens (tertiary/aromatic N) is 2. The third-order valence-electron chi connectivity index (χ3n) is 3.69. The van der Waals surface area contributed by atoms with Gasteiger partial charge in [-0.1, -0.05) is 37.8 Å². The SMILES string of the molecule is CCc1noc(C2(CN)CCCCCC2)n1. The smallest absolute Gasteiger partial charge is 0.234 e. The second-order valence-electron chi connectivity index (χ2n) is 4.77. The standard InChI is InChI=1S/C12H21N3O/c1-2-10-14-11(16-15-10)12(9-13)7-5-3-4-6-8-12/h2-9,13H2,1H3. The lowest BCUT2D eigenvalue weighted by atomic mass is 9.80. The zero-order valence-electron chi connectivity index (χ0n) is 10.0. The molecule has 1 aromatic heterocycles. The second kappa shape index (κ2) is 4.95. The Morgan fingerprint density at radius 1 is 1.25 bits per heavy atom. The van der Waals surface area contributed by atoms with Crippen LogP contribution in [0, 0.1) is 0 Å². The van der Waals surface area contributed by atoms with Crippen molar-refractivity contribution in [1.82, 2.24) is 10.1 Å². The van der Waals surface area contributed by atoms with E-state index in [1.807, 2.05) is 6.92 Å². The molecule has 0 unspecified atom stereocenters. The van der Waals surface area contributed by atoms with Crippen LogP contribution in [0.25, 0.3) is 0 Å². The second-order valence-corrected chi connectivity index (χ2v) is 4.77. The molecule has 4 nitrogen and oxygen atoms in total. The van der Waals surface area contributed by atoms with Gasteiger partial charge in [0.05, 0.1) is 5.41 Å². The molecule has 0 atom stereocenters. The highest BCUT2D eigenvalue weighted by Gasteiger charge is 2.36. The first-order chi connectivity index (χ1) is 7.80. The Morgan fingerprint density at radius 3 is 2.44 bits per heavy atom. The van der Waals surface area contributed by atoms with E-state index in [9.17, 15) is 0 Å². The third kappa shape index (κ3) is 2.12. The largest absolute Gasteiger partial charge is 0.339 e. The van der Waals surface area contributed by atoms with Gasteiger partial charge in [0, 0.05) is 13.0 Å². The number of hydrogen-bond donors (Lipinski definition) is 1. The minimum atomic E-state index is -0.0447. The fraction of sp³-hybridized carbons (Fsp3) is 0.833. The minimum Gasteiger partial charge on any atom is -0.339 e. The van der Waals surface area contributed by atoms with E-state index < -0.39 is 0 Å². The summed E-state index contributed by atoms with van der Waals surface area (Å²) in [5.41, 5.74) is 5.92. The number of hydrogen-bond acceptors (Lipinski definition) is 4. The maximum absolute atomic E-state index is 5.96. The van der Waals surface area contributed by atoms with E-state index in [1.165, 1.54) is 25.7 Å². The Morgan fingerprint density at radius 2 is 1.94 bits per heavy atom. The molecule has 1 fully saturated rings. The molecule has 1 aliphatic carbocycles. The molecular formula is C12H21N3O. The molecule has 4 heteroatoms. The van der Waals surface area contributed by atoms with Crippen molar-refractivity contribution in [3.8, 4) is 0 Å². The fourth-order valence-electron chi connectivity index (χ4n) is 2.52. The minimum absolute atomic E-state index is 0.0447. The van der Waals surface area contributed by atoms with Gasteiger partial charge in [-0.25, -0.2) is 0 Å². The van der Waals surface area contributed by atoms with E-state index in [2.05, 4.69) is 10.1 Å². The van der Waals surface area contributed by atoms with Crippen molar-refractivity contribution in [2.45, 2.75) is 57.3 Å². The molecule has 90 valence electrons. The normalized spacial score (nSPS) is 20.6. The molecule has 1 aliphatic rings. The first kappa shape index (κ1) is 11.6. The molecule has 2 rings (SSSR count). The summed E-state index contributed by atoms with van der Waals surface area (Å²) in [6, 6.07) is 0. The van der Waals surface area contributed by atoms with Crippen molar-refractivity contribution in [3.05, 3.63) is 11.7 Å². The fourth-order valence-corrected chi connectivity index (χ4v) is 2.52. The summed E-state index contributed by atoms with van der Waals surface area (Å²) in [6.07, 6.45) is 8.06. The van der Waals surface area contributed by atoms with Crippen LogP contribution >= 0.6 is 0 Å². The van der Waals surface area contributed by atoms with Gasteiger partial charge in [0.15, 0.2) is 5.82 Å². The summed E-state index contributed by atoms with van der Waals surface area (Å²) in [5.74, 6) is 1.57. The van der Waals surface area contributed by atoms with Gasteiger partial charge in [-0.15, -0.1) is 0 Å². The summed E-state index contributed by atoms with van der Waals surface area (Å²) >= 11 is 0. The summed E-state index contributed by atoms with van der Waals surface area (Å²) in [6.45, 7) is 2.66. The molecule has 0 saturated heterocycles. The first-order valence-electron chi connectivity index (χ1n) is 6.34. The molecule has 0 amide bonds. The number of aryl methyl sites for hydroxylation is 1. The summed E-state index contributed by atoms with van der Waals surface area (Å²) in [4.78, 5) is 4.48. The predicted octanol–water partition coefficient (Wildman–Crippen LogP) is 2.18. The van der Waals surface area contributed by atoms with Gasteiger partial charge in [-0.05, 0) is 12.8 Å². The van der Waals surface area contributed by atoms with Crippen LogP contribution in [0.4, 0.5) is 0 Å². The van der Waals surface area contributed by atoms with E-state index in [0.29, 0.717) is 6.54 Å². The van der Waals surface area contributed by atoms with Gasteiger partial charge >= 0.3 is 0 Å². The van der Waals surface area contributed by atoms with Crippen LogP contribution < -0.4 is 5.73 Å². The van der Waals surface area contributed by atoms with Gasteiger partial charge in [-0.3, -0.25) is 0 Å². The van der Waals surface area contributed by atoms with E-state index in [1.54, 1.807) is 0 Å². The molecule has 16 heavy (non-hydrogen) atoms. The van der Waals surface area contributed by atoms with Crippen molar-refractivity contribution >= 4 is 0 Å². The summed E-state index contributed by atoms with van der Waals surface area (Å²) in [5, 5.41) is 3.99. The molecule has 1 aromatic rings. The van der Waals surface area contributed by atoms with Crippen molar-refractivity contribution in [3.63, 3.8) is 0 Å². The lowest BCUT2D eigenvalue weighted by Crippen LogP contribution is -2.35. The Bertz CT molecular complexity index is 327. The average molecular weight is 223 g/mol. The Hall–Kier alpha value is -0.900. The van der Waals surface area contributed by atoms with Crippen LogP contribution in [0.2, 0.25) is 0 Å². The first-order valence-corrected chi connectivity index (χ1v) is 6.34. The number of aromatic nitrogens is 2. The monoisotopic (exact) mass is 223 g/mol. The molecular weight excluding hydrogens is 202 g/mol. The molecule has 1 saturated carbocycles. The third-order valence-corrected chi connectivity index (χ3v) is 3.69. The molecule has 0 radical (unpaired) electrons. The predicted molar refractivity (Wildman–Crippen MR) is 62.1 cm³/mol. The van der Waals surface area contributed by atoms with Crippen molar-refractivity contribution in [2.24, 2.45) is 5.73 Å². The summed E-state index contributed by atoms with van der Waals surface area (Å²) < 4.78 is 5.40. The van der Waals surface area contributed by atoms with Gasteiger partial charge in [-0.2, -0.15) is 4.98 Å².